The molecule has 14 nitrogen and oxygen atoms in total. The standard InChI is InChI=1S/C37H48N8O6/c1-24(12-11-21-51-33-22-30(43-44-35(33)38)26-13-6-7-16-32(26)47)36(49)40-20-9-5-4-8-19-39-28-14-10-15-29(27(28)23-46)41-25(2)45(3)31-17-18-34(48)42-37(31)50/h6-7,10,13-16,22-24,31,39,47H,4-5,8-9,11-12,17-21H2,1-3H3,(H2,38,44)(H,40,49)(H,42,48,50). The average Bonchev–Trinajstić information content (AvgIpc) is 3.11. The minimum Gasteiger partial charge on any atom is -0.507 e. The van der Waals surface area contributed by atoms with Crippen molar-refractivity contribution in [1.29, 1.82) is 0 Å². The van der Waals surface area contributed by atoms with Crippen molar-refractivity contribution < 1.29 is 29.0 Å². The van der Waals surface area contributed by atoms with Crippen LogP contribution in [0.1, 0.15) is 75.6 Å². The number of nitrogens with one attached hydrogen (secondary N) is 3. The highest BCUT2D eigenvalue weighted by molar-refractivity contribution is 6.02. The molecular weight excluding hydrogens is 652 g/mol. The molecule has 4 rings (SSSR count). The quantitative estimate of drug-likeness (QED) is 0.0408. The van der Waals surface area contributed by atoms with Crippen molar-refractivity contribution >= 4 is 47.0 Å². The highest BCUT2D eigenvalue weighted by Crippen LogP contribution is 2.31. The molecule has 3 amide bonds. The predicted octanol–water partition coefficient (Wildman–Crippen LogP) is 4.61. The Hall–Kier alpha value is -5.53. The number of amides is 3. The molecule has 0 radical (unpaired) electrons. The van der Waals surface area contributed by atoms with Gasteiger partial charge in [-0.15, -0.1) is 10.2 Å². The molecule has 2 heterocycles. The number of aromatic hydroxyl groups is 1. The predicted molar refractivity (Wildman–Crippen MR) is 196 cm³/mol. The first-order valence-electron chi connectivity index (χ1n) is 17.3. The first kappa shape index (κ1) is 38.3. The Balaban J connectivity index is 1.11. The van der Waals surface area contributed by atoms with Gasteiger partial charge in [-0.05, 0) is 63.3 Å². The molecule has 3 aromatic rings. The van der Waals surface area contributed by atoms with Crippen LogP contribution in [0.3, 0.4) is 0 Å². The molecule has 272 valence electrons. The zero-order valence-electron chi connectivity index (χ0n) is 29.5. The third-order valence-electron chi connectivity index (χ3n) is 8.84. The van der Waals surface area contributed by atoms with Gasteiger partial charge in [0.2, 0.25) is 17.7 Å². The van der Waals surface area contributed by atoms with Crippen LogP contribution in [0.25, 0.3) is 11.3 Å². The molecule has 0 spiro atoms. The van der Waals surface area contributed by atoms with Crippen LogP contribution in [0.4, 0.5) is 17.2 Å². The maximum Gasteiger partial charge on any atom is 0.249 e. The van der Waals surface area contributed by atoms with Gasteiger partial charge in [0.25, 0.3) is 0 Å². The van der Waals surface area contributed by atoms with E-state index >= 15 is 0 Å². The largest absolute Gasteiger partial charge is 0.507 e. The number of anilines is 2. The van der Waals surface area contributed by atoms with Gasteiger partial charge >= 0.3 is 0 Å². The summed E-state index contributed by atoms with van der Waals surface area (Å²) in [5.74, 6) is 0.395. The number of phenolic OH excluding ortho intramolecular Hbond substituents is 1. The van der Waals surface area contributed by atoms with Crippen molar-refractivity contribution in [3.63, 3.8) is 0 Å². The number of nitrogens with zero attached hydrogens (tertiary/aromatic N) is 4. The van der Waals surface area contributed by atoms with E-state index < -0.39 is 6.04 Å². The molecule has 2 atom stereocenters. The summed E-state index contributed by atoms with van der Waals surface area (Å²) < 4.78 is 5.82. The van der Waals surface area contributed by atoms with Crippen LogP contribution in [0, 0.1) is 5.92 Å². The zero-order chi connectivity index (χ0) is 36.8. The molecule has 0 aliphatic carbocycles. The number of nitrogens with two attached hydrogens (primary N) is 1. The van der Waals surface area contributed by atoms with Gasteiger partial charge < -0.3 is 31.1 Å². The minimum atomic E-state index is -0.500. The number of nitrogen functional groups attached to an aromatic ring is 1. The summed E-state index contributed by atoms with van der Waals surface area (Å²) in [6, 6.07) is 13.4. The van der Waals surface area contributed by atoms with Crippen molar-refractivity contribution in [3.8, 4) is 22.8 Å². The van der Waals surface area contributed by atoms with E-state index in [4.69, 9.17) is 10.5 Å². The average molecular weight is 701 g/mol. The van der Waals surface area contributed by atoms with Crippen molar-refractivity contribution in [3.05, 3.63) is 54.1 Å². The molecule has 6 N–H and O–H groups in total. The SMILES string of the molecule is CC(=Nc1cccc(NCCCCCCNC(=O)C(C)CCCOc2cc(-c3ccccc3O)nnc2N)c1C=O)N(C)C1CCC(=O)NC1=O. The summed E-state index contributed by atoms with van der Waals surface area (Å²) in [6.45, 7) is 5.29. The molecule has 1 aliphatic rings. The second kappa shape index (κ2) is 19.0. The maximum absolute atomic E-state index is 12.6. The fraction of sp³-hybridized carbons (Fsp3) is 0.432. The van der Waals surface area contributed by atoms with Gasteiger partial charge in [-0.25, -0.2) is 4.99 Å². The normalized spacial score (nSPS) is 15.1. The van der Waals surface area contributed by atoms with Gasteiger partial charge in [0, 0.05) is 49.8 Å². The number of hydrogen-bond donors (Lipinski definition) is 5. The molecule has 2 aromatic carbocycles. The van der Waals surface area contributed by atoms with Crippen molar-refractivity contribution in [1.82, 2.24) is 25.7 Å². The molecule has 0 bridgehead atoms. The van der Waals surface area contributed by atoms with E-state index in [2.05, 4.69) is 31.1 Å². The lowest BCUT2D eigenvalue weighted by Crippen LogP contribution is -2.52. The van der Waals surface area contributed by atoms with Crippen LogP contribution >= 0.6 is 0 Å². The van der Waals surface area contributed by atoms with Gasteiger partial charge in [-0.3, -0.25) is 24.5 Å². The number of para-hydroxylation sites is 1. The van der Waals surface area contributed by atoms with Crippen LogP contribution in [-0.4, -0.2) is 82.8 Å². The Morgan fingerprint density at radius 3 is 2.63 bits per heavy atom. The number of hydrogen-bond acceptors (Lipinski definition) is 11. The van der Waals surface area contributed by atoms with Crippen molar-refractivity contribution in [2.45, 2.75) is 71.3 Å². The van der Waals surface area contributed by atoms with E-state index in [1.807, 2.05) is 19.1 Å². The van der Waals surface area contributed by atoms with E-state index in [1.165, 1.54) is 0 Å². The van der Waals surface area contributed by atoms with E-state index in [-0.39, 0.29) is 41.6 Å². The van der Waals surface area contributed by atoms with Crippen LogP contribution in [-0.2, 0) is 14.4 Å². The van der Waals surface area contributed by atoms with Crippen molar-refractivity contribution in [2.24, 2.45) is 10.9 Å². The molecule has 1 saturated heterocycles. The summed E-state index contributed by atoms with van der Waals surface area (Å²) in [5, 5.41) is 26.8. The number of aldehydes is 1. The lowest BCUT2D eigenvalue weighted by Gasteiger charge is -2.31. The number of likely N-dealkylation sites (N-methyl/N-ethyl adjacent to an activating group) is 1. The Bertz CT molecular complexity index is 1710. The Kier molecular flexibility index (Phi) is 14.3. The number of piperidine rings is 1. The fourth-order valence-corrected chi connectivity index (χ4v) is 5.70. The number of carbonyl (C=O) groups excluding carboxylic acids is 4. The zero-order valence-corrected chi connectivity index (χ0v) is 29.5. The first-order valence-corrected chi connectivity index (χ1v) is 17.3. The number of benzene rings is 2. The minimum absolute atomic E-state index is 0.00562. The number of amidine groups is 1. The second-order valence-electron chi connectivity index (χ2n) is 12.6. The smallest absolute Gasteiger partial charge is 0.249 e. The number of rotatable bonds is 18. The van der Waals surface area contributed by atoms with Crippen LogP contribution in [0.15, 0.2) is 53.5 Å². The van der Waals surface area contributed by atoms with E-state index in [1.54, 1.807) is 55.3 Å². The number of imide groups is 1. The van der Waals surface area contributed by atoms with Gasteiger partial charge in [-0.1, -0.05) is 38.0 Å². The van der Waals surface area contributed by atoms with Gasteiger partial charge in [-0.2, -0.15) is 0 Å². The van der Waals surface area contributed by atoms with Crippen molar-refractivity contribution in [2.75, 3.05) is 37.8 Å². The third kappa shape index (κ3) is 11.0. The number of unbranched alkanes of at least 4 members (excludes halogenated alkanes) is 3. The van der Waals surface area contributed by atoms with Crippen LogP contribution in [0.2, 0.25) is 0 Å². The molecule has 51 heavy (non-hydrogen) atoms. The second-order valence-corrected chi connectivity index (χ2v) is 12.6. The molecule has 1 fully saturated rings. The number of carbonyl (C=O) groups is 4. The lowest BCUT2D eigenvalue weighted by molar-refractivity contribution is -0.136. The number of ether oxygens (including phenoxy) is 1. The van der Waals surface area contributed by atoms with Gasteiger partial charge in [0.15, 0.2) is 17.9 Å². The van der Waals surface area contributed by atoms with Gasteiger partial charge in [0.1, 0.15) is 23.3 Å². The van der Waals surface area contributed by atoms with E-state index in [0.717, 1.165) is 32.0 Å². The highest BCUT2D eigenvalue weighted by Gasteiger charge is 2.30. The number of aliphatic imine (C=N–C) groups is 1. The Morgan fingerprint density at radius 2 is 1.88 bits per heavy atom. The van der Waals surface area contributed by atoms with Crippen LogP contribution < -0.4 is 26.4 Å². The molecule has 1 aromatic heterocycles. The molecule has 0 saturated carbocycles. The van der Waals surface area contributed by atoms with E-state index in [0.29, 0.717) is 78.7 Å². The third-order valence-corrected chi connectivity index (χ3v) is 8.84. The summed E-state index contributed by atoms with van der Waals surface area (Å²) in [4.78, 5) is 54.8. The first-order chi connectivity index (χ1) is 24.6. The maximum atomic E-state index is 12.6. The number of aromatic nitrogens is 2. The van der Waals surface area contributed by atoms with E-state index in [9.17, 15) is 24.3 Å². The summed E-state index contributed by atoms with van der Waals surface area (Å²) >= 11 is 0. The van der Waals surface area contributed by atoms with Crippen LogP contribution in [0.5, 0.6) is 11.5 Å². The summed E-state index contributed by atoms with van der Waals surface area (Å²) in [7, 11) is 1.75. The monoisotopic (exact) mass is 700 g/mol. The lowest BCUT2D eigenvalue weighted by atomic mass is 10.0. The fourth-order valence-electron chi connectivity index (χ4n) is 5.70. The molecule has 2 unspecified atom stereocenters. The highest BCUT2D eigenvalue weighted by atomic mass is 16.5. The Labute approximate surface area is 298 Å². The summed E-state index contributed by atoms with van der Waals surface area (Å²) in [5.41, 5.74) is 8.54. The molecular formula is C37H48N8O6. The summed E-state index contributed by atoms with van der Waals surface area (Å²) in [6.07, 6.45) is 6.41. The molecule has 1 aliphatic heterocycles. The number of phenols is 1. The van der Waals surface area contributed by atoms with Gasteiger partial charge in [0.05, 0.1) is 17.9 Å². The molecule has 14 heteroatoms. The Morgan fingerprint density at radius 1 is 1.12 bits per heavy atom. The topological polar surface area (TPSA) is 201 Å².